The smallest absolute Gasteiger partial charge is 0.368 e. The van der Waals surface area contributed by atoms with E-state index in [1.54, 1.807) is 25.2 Å². The lowest BCUT2D eigenvalue weighted by Gasteiger charge is -2.09. The van der Waals surface area contributed by atoms with Crippen LogP contribution in [0.1, 0.15) is 12.5 Å². The molecule has 3 aromatic rings. The number of halogens is 1. The molecule has 0 saturated heterocycles. The van der Waals surface area contributed by atoms with Crippen LogP contribution < -0.4 is 10.4 Å². The first kappa shape index (κ1) is 13.9. The van der Waals surface area contributed by atoms with Crippen molar-refractivity contribution in [3.63, 3.8) is 0 Å². The fourth-order valence-electron chi connectivity index (χ4n) is 1.91. The van der Waals surface area contributed by atoms with Crippen molar-refractivity contribution in [3.8, 4) is 10.8 Å². The summed E-state index contributed by atoms with van der Waals surface area (Å²) < 4.78 is 17.0. The highest BCUT2D eigenvalue weighted by atomic mass is 127. The average molecular weight is 430 g/mol. The quantitative estimate of drug-likeness (QED) is 0.597. The van der Waals surface area contributed by atoms with Crippen LogP contribution in [-0.2, 0) is 13.7 Å². The second-order valence-corrected chi connectivity index (χ2v) is 6.66. The summed E-state index contributed by atoms with van der Waals surface area (Å²) in [7, 11) is 1.56. The molecule has 0 saturated carbocycles. The fourth-order valence-corrected chi connectivity index (χ4v) is 3.77. The highest BCUT2D eigenvalue weighted by molar-refractivity contribution is 14.1. The first-order chi connectivity index (χ1) is 11.0. The van der Waals surface area contributed by atoms with Crippen molar-refractivity contribution < 1.29 is 6.11 Å². The number of aromatic nitrogens is 4. The maximum Gasteiger partial charge on any atom is 0.368 e. The van der Waals surface area contributed by atoms with E-state index in [0.717, 1.165) is 20.4 Å². The van der Waals surface area contributed by atoms with Crippen molar-refractivity contribution >= 4 is 33.9 Å². The SMILES string of the molecule is [3H]c1ccc(OCc2c(I)csc2-n2nnn(C)c2=O)c(C)c1. The Morgan fingerprint density at radius 1 is 1.45 bits per heavy atom. The lowest BCUT2D eigenvalue weighted by Crippen LogP contribution is -2.22. The molecule has 3 rings (SSSR count). The predicted octanol–water partition coefficient (Wildman–Crippen LogP) is 2.52. The number of thiophene rings is 1. The molecule has 0 amide bonds. The molecular weight excluding hydrogens is 415 g/mol. The van der Waals surface area contributed by atoms with E-state index >= 15 is 0 Å². The topological polar surface area (TPSA) is 61.9 Å². The van der Waals surface area contributed by atoms with Gasteiger partial charge in [-0.1, -0.05) is 18.2 Å². The second-order valence-electron chi connectivity index (χ2n) is 4.64. The van der Waals surface area contributed by atoms with Crippen molar-refractivity contribution in [2.45, 2.75) is 13.5 Å². The zero-order valence-corrected chi connectivity index (χ0v) is 14.9. The van der Waals surface area contributed by atoms with Crippen LogP contribution in [0.4, 0.5) is 0 Å². The Hall–Kier alpha value is -1.68. The number of aryl methyl sites for hydroxylation is 2. The minimum Gasteiger partial charge on any atom is -0.488 e. The summed E-state index contributed by atoms with van der Waals surface area (Å²) in [5.41, 5.74) is 1.51. The predicted molar refractivity (Wildman–Crippen MR) is 92.7 cm³/mol. The van der Waals surface area contributed by atoms with Crippen LogP contribution in [0.2, 0.25) is 0 Å². The number of rotatable bonds is 4. The summed E-state index contributed by atoms with van der Waals surface area (Å²) in [6.45, 7) is 2.22. The highest BCUT2D eigenvalue weighted by Crippen LogP contribution is 2.28. The summed E-state index contributed by atoms with van der Waals surface area (Å²) in [5, 5.41) is 10.3. The number of ether oxygens (including phenoxy) is 1. The molecule has 0 aliphatic heterocycles. The second kappa shape index (κ2) is 6.21. The summed E-state index contributed by atoms with van der Waals surface area (Å²) in [4.78, 5) is 12.0. The Morgan fingerprint density at radius 3 is 2.95 bits per heavy atom. The van der Waals surface area contributed by atoms with Gasteiger partial charge in [0.15, 0.2) is 0 Å². The standard InChI is InChI=1S/C14H13IN4O2S/c1-9-5-3-4-6-12(9)21-7-10-11(15)8-22-13(10)19-14(20)18(2)16-17-19/h3-6,8H,7H2,1-2H3/i3T. The van der Waals surface area contributed by atoms with Gasteiger partial charge in [0.05, 0.1) is 1.37 Å². The monoisotopic (exact) mass is 430 g/mol. The minimum absolute atomic E-state index is 0.292. The molecule has 0 radical (unpaired) electrons. The molecule has 2 aromatic heterocycles. The van der Waals surface area contributed by atoms with Crippen molar-refractivity contribution in [3.05, 3.63) is 54.8 Å². The van der Waals surface area contributed by atoms with E-state index in [0.29, 0.717) is 17.7 Å². The summed E-state index contributed by atoms with van der Waals surface area (Å²) >= 11 is 3.64. The van der Waals surface area contributed by atoms with Gasteiger partial charge in [0, 0.05) is 21.6 Å². The molecule has 22 heavy (non-hydrogen) atoms. The first-order valence-electron chi connectivity index (χ1n) is 6.92. The van der Waals surface area contributed by atoms with Crippen molar-refractivity contribution in [1.82, 2.24) is 19.8 Å². The number of para-hydroxylation sites is 1. The van der Waals surface area contributed by atoms with Gasteiger partial charge in [-0.2, -0.15) is 4.68 Å². The lowest BCUT2D eigenvalue weighted by atomic mass is 10.2. The van der Waals surface area contributed by atoms with E-state index in [-0.39, 0.29) is 5.69 Å². The van der Waals surface area contributed by atoms with E-state index < -0.39 is 0 Å². The molecule has 0 fully saturated rings. The Morgan fingerprint density at radius 2 is 2.27 bits per heavy atom. The maximum absolute atomic E-state index is 12.0. The first-order valence-corrected chi connectivity index (χ1v) is 8.38. The largest absolute Gasteiger partial charge is 0.488 e. The van der Waals surface area contributed by atoms with E-state index in [4.69, 9.17) is 6.11 Å². The molecule has 0 N–H and O–H groups in total. The van der Waals surface area contributed by atoms with Gasteiger partial charge in [-0.3, -0.25) is 0 Å². The molecule has 2 heterocycles. The fraction of sp³-hybridized carbons (Fsp3) is 0.214. The summed E-state index contributed by atoms with van der Waals surface area (Å²) in [5.74, 6) is 0.723. The Labute approximate surface area is 145 Å². The number of nitrogens with zero attached hydrogens (tertiary/aromatic N) is 4. The van der Waals surface area contributed by atoms with E-state index in [1.807, 2.05) is 12.3 Å². The zero-order valence-electron chi connectivity index (χ0n) is 12.9. The van der Waals surface area contributed by atoms with Crippen LogP contribution in [0.5, 0.6) is 5.75 Å². The summed E-state index contributed by atoms with van der Waals surface area (Å²) in [6.07, 6.45) is 0. The molecule has 0 bridgehead atoms. The van der Waals surface area contributed by atoms with Crippen LogP contribution >= 0.6 is 33.9 Å². The number of tetrazole rings is 1. The van der Waals surface area contributed by atoms with E-state index in [1.165, 1.54) is 20.7 Å². The number of hydrogen-bond donors (Lipinski definition) is 0. The number of benzene rings is 1. The molecule has 0 unspecified atom stereocenters. The van der Waals surface area contributed by atoms with Crippen LogP contribution in [0.15, 0.2) is 34.4 Å². The van der Waals surface area contributed by atoms with E-state index in [9.17, 15) is 4.79 Å². The number of hydrogen-bond acceptors (Lipinski definition) is 5. The average Bonchev–Trinajstić information content (AvgIpc) is 3.02. The van der Waals surface area contributed by atoms with Gasteiger partial charge < -0.3 is 4.74 Å². The molecule has 0 aliphatic carbocycles. The molecule has 1 aromatic carbocycles. The highest BCUT2D eigenvalue weighted by Gasteiger charge is 2.17. The third-order valence-electron chi connectivity index (χ3n) is 3.13. The third kappa shape index (κ3) is 2.80. The van der Waals surface area contributed by atoms with Crippen LogP contribution in [0.3, 0.4) is 0 Å². The molecule has 0 spiro atoms. The van der Waals surface area contributed by atoms with Crippen molar-refractivity contribution in [1.29, 1.82) is 0 Å². The summed E-state index contributed by atoms with van der Waals surface area (Å²) in [6, 6.07) is 5.67. The molecule has 6 nitrogen and oxygen atoms in total. The van der Waals surface area contributed by atoms with E-state index in [2.05, 4.69) is 33.0 Å². The molecule has 0 aliphatic rings. The molecule has 114 valence electrons. The lowest BCUT2D eigenvalue weighted by molar-refractivity contribution is 0.303. The van der Waals surface area contributed by atoms with Crippen LogP contribution in [0.25, 0.3) is 5.00 Å². The maximum atomic E-state index is 12.0. The zero-order chi connectivity index (χ0) is 16.6. The molecular formula is C14H13IN4O2S. The van der Waals surface area contributed by atoms with Crippen LogP contribution in [-0.4, -0.2) is 19.8 Å². The van der Waals surface area contributed by atoms with Gasteiger partial charge in [-0.25, -0.2) is 4.79 Å². The van der Waals surface area contributed by atoms with Gasteiger partial charge in [-0.05, 0) is 51.6 Å². The van der Waals surface area contributed by atoms with Crippen molar-refractivity contribution in [2.24, 2.45) is 7.05 Å². The van der Waals surface area contributed by atoms with Crippen LogP contribution in [0, 0.1) is 10.5 Å². The Kier molecular flexibility index (Phi) is 3.94. The molecule has 8 heteroatoms. The minimum atomic E-state index is -0.292. The molecule has 0 atom stereocenters. The van der Waals surface area contributed by atoms with Gasteiger partial charge in [0.2, 0.25) is 0 Å². The normalized spacial score (nSPS) is 11.5. The Balaban J connectivity index is 1.90. The third-order valence-corrected chi connectivity index (χ3v) is 5.51. The Bertz CT molecular complexity index is 918. The van der Waals surface area contributed by atoms with Gasteiger partial charge in [0.25, 0.3) is 0 Å². The van der Waals surface area contributed by atoms with Gasteiger partial charge in [-0.15, -0.1) is 16.0 Å². The van der Waals surface area contributed by atoms with Crippen molar-refractivity contribution in [2.75, 3.05) is 0 Å². The van der Waals surface area contributed by atoms with Gasteiger partial charge in [0.1, 0.15) is 17.4 Å². The van der Waals surface area contributed by atoms with Gasteiger partial charge >= 0.3 is 5.69 Å².